The molecule has 0 saturated heterocycles. The lowest BCUT2D eigenvalue weighted by molar-refractivity contribution is 0.600. The van der Waals surface area contributed by atoms with E-state index in [9.17, 15) is 0 Å². The lowest BCUT2D eigenvalue weighted by atomic mass is 9.87. The van der Waals surface area contributed by atoms with Gasteiger partial charge in [0.2, 0.25) is 0 Å². The second-order valence-electron chi connectivity index (χ2n) is 34.1. The van der Waals surface area contributed by atoms with Crippen LogP contribution >= 0.6 is 0 Å². The molecule has 8 aromatic rings. The number of fused-ring (bicyclic) bond motifs is 16. The van der Waals surface area contributed by atoms with Gasteiger partial charge in [-0.1, -0.05) is 389 Å². The van der Waals surface area contributed by atoms with Crippen LogP contribution in [0.15, 0.2) is 389 Å². The molecule has 8 aromatic carbocycles. The van der Waals surface area contributed by atoms with Crippen LogP contribution < -0.4 is 41.5 Å². The summed E-state index contributed by atoms with van der Waals surface area (Å²) >= 11 is 0. The molecule has 0 atom stereocenters. The second kappa shape index (κ2) is 24.3. The second-order valence-corrected chi connectivity index (χ2v) is 41.7. The van der Waals surface area contributed by atoms with Crippen molar-refractivity contribution in [3.8, 4) is 0 Å². The van der Waals surface area contributed by atoms with Gasteiger partial charge in [-0.05, 0) is 86.0 Å². The van der Waals surface area contributed by atoms with Crippen LogP contribution in [0.4, 0.5) is 0 Å². The third-order valence-electron chi connectivity index (χ3n) is 29.4. The van der Waals surface area contributed by atoms with Crippen LogP contribution in [-0.4, -0.2) is 16.1 Å². The Kier molecular flexibility index (Phi) is 14.3. The molecule has 2 heteroatoms. The van der Waals surface area contributed by atoms with Crippen LogP contribution in [0.1, 0.15) is 91.9 Å². The van der Waals surface area contributed by atoms with Gasteiger partial charge in [0, 0.05) is 142 Å². The molecule has 0 heterocycles. The first kappa shape index (κ1) is 62.3. The SMILES string of the molecule is C1=CC2C=CC1C2c1ccc([Si](c2ccc(C3C4C=CC3C=C4)cc2)(c2ccc(C3C4C=CC3C=C4)cc2)c2ccc(C3C4C=CC3C=C4)cc2)cc1.C1=CC2C=CC1C2c1ccc([Si](c2ccc(C3C4C=CC3C=C4)cc2)(c2ccc(C3C4C=CC3C=C4)cc2)c2ccc(C3C4C=CC3C=C4)cc2)cc1. The van der Waals surface area contributed by atoms with Gasteiger partial charge in [-0.3, -0.25) is 0 Å². The number of benzene rings is 8. The van der Waals surface area contributed by atoms with E-state index in [0.29, 0.717) is 142 Å². The Bertz CT molecular complexity index is 4100. The summed E-state index contributed by atoms with van der Waals surface area (Å²) in [5, 5.41) is 11.8. The summed E-state index contributed by atoms with van der Waals surface area (Å²) in [6, 6.07) is 80.1. The van der Waals surface area contributed by atoms with E-state index < -0.39 is 16.1 Å². The van der Waals surface area contributed by atoms with Crippen LogP contribution in [-0.2, 0) is 0 Å². The zero-order valence-corrected chi connectivity index (χ0v) is 61.8. The number of hydrogen-bond acceptors (Lipinski definition) is 0. The van der Waals surface area contributed by atoms with Crippen LogP contribution in [0, 0.1) is 94.7 Å². The van der Waals surface area contributed by atoms with Crippen molar-refractivity contribution in [3.05, 3.63) is 433 Å². The molecule has 0 spiro atoms. The zero-order valence-electron chi connectivity index (χ0n) is 59.8. The Hall–Kier alpha value is -9.97. The third kappa shape index (κ3) is 9.41. The van der Waals surface area contributed by atoms with E-state index in [1.54, 1.807) is 0 Å². The van der Waals surface area contributed by atoms with Crippen molar-refractivity contribution in [1.29, 1.82) is 0 Å². The maximum Gasteiger partial charge on any atom is 0.179 e. The summed E-state index contributed by atoms with van der Waals surface area (Å²) in [5.74, 6) is 12.7. The van der Waals surface area contributed by atoms with Gasteiger partial charge < -0.3 is 0 Å². The molecule has 24 rings (SSSR count). The molecule has 0 N–H and O–H groups in total. The average molecular weight is 1390 g/mol. The topological polar surface area (TPSA) is 0 Å². The molecule has 16 aliphatic carbocycles. The molecule has 512 valence electrons. The van der Waals surface area contributed by atoms with Gasteiger partial charge in [0.25, 0.3) is 0 Å². The lowest BCUT2D eigenvalue weighted by Crippen LogP contribution is -2.74. The van der Waals surface area contributed by atoms with E-state index >= 15 is 0 Å². The van der Waals surface area contributed by atoms with Crippen LogP contribution in [0.5, 0.6) is 0 Å². The molecular formula is C104H88Si2. The van der Waals surface area contributed by atoms with Crippen molar-refractivity contribution in [1.82, 2.24) is 0 Å². The van der Waals surface area contributed by atoms with E-state index in [1.165, 1.54) is 86.0 Å². The molecule has 0 radical (unpaired) electrons. The molecule has 16 aliphatic rings. The van der Waals surface area contributed by atoms with Gasteiger partial charge in [-0.25, -0.2) is 0 Å². The zero-order chi connectivity index (χ0) is 69.3. The Labute approximate surface area is 628 Å². The van der Waals surface area contributed by atoms with E-state index in [-0.39, 0.29) is 0 Å². The minimum Gasteiger partial charge on any atom is -0.0804 e. The first-order valence-electron chi connectivity index (χ1n) is 40.2. The van der Waals surface area contributed by atoms with Crippen molar-refractivity contribution in [3.63, 3.8) is 0 Å². The highest BCUT2D eigenvalue weighted by Crippen LogP contribution is 2.53. The molecule has 16 bridgehead atoms. The Morgan fingerprint density at radius 3 is 0.255 bits per heavy atom. The smallest absolute Gasteiger partial charge is 0.0804 e. The third-order valence-corrected chi connectivity index (χ3v) is 38.9. The van der Waals surface area contributed by atoms with Gasteiger partial charge in [0.1, 0.15) is 0 Å². The summed E-state index contributed by atoms with van der Waals surface area (Å²) in [6.07, 6.45) is 77.3. The van der Waals surface area contributed by atoms with Gasteiger partial charge in [0.15, 0.2) is 16.1 Å². The number of hydrogen-bond donors (Lipinski definition) is 0. The summed E-state index contributed by atoms with van der Waals surface area (Å²) in [6.45, 7) is 0. The minimum absolute atomic E-state index is 0.528. The lowest BCUT2D eigenvalue weighted by Gasteiger charge is -2.36. The van der Waals surface area contributed by atoms with Gasteiger partial charge in [-0.15, -0.1) is 0 Å². The predicted molar refractivity (Wildman–Crippen MR) is 444 cm³/mol. The fraction of sp³-hybridized carbons (Fsp3) is 0.231. The standard InChI is InChI=1S/2C52H44Si/c2*1-2-34-4-3-33(1)49(34)41-17-25-45(26-18-41)53(46-27-19-42(20-28-46)50-35-5-6-36(50)8-7-35,47-29-21-43(22-30-47)51-37-9-10-38(51)12-11-37)48-31-23-44(24-32-48)52-39-13-14-40(52)16-15-39/h2*1-40,49-52H. The van der Waals surface area contributed by atoms with Crippen LogP contribution in [0.3, 0.4) is 0 Å². The van der Waals surface area contributed by atoms with Gasteiger partial charge in [0.05, 0.1) is 0 Å². The van der Waals surface area contributed by atoms with E-state index in [0.717, 1.165) is 0 Å². The minimum atomic E-state index is -2.75. The highest BCUT2D eigenvalue weighted by molar-refractivity contribution is 7.20. The molecule has 0 aromatic heterocycles. The summed E-state index contributed by atoms with van der Waals surface area (Å²) in [4.78, 5) is 0. The molecule has 0 nitrogen and oxygen atoms in total. The monoisotopic (exact) mass is 1390 g/mol. The van der Waals surface area contributed by atoms with Crippen molar-refractivity contribution in [2.45, 2.75) is 47.3 Å². The summed E-state index contributed by atoms with van der Waals surface area (Å²) in [7, 11) is -5.50. The molecule has 0 fully saturated rings. The Balaban J connectivity index is 0.000000129. The largest absolute Gasteiger partial charge is 0.179 e. The maximum absolute atomic E-state index is 2.75. The van der Waals surface area contributed by atoms with Crippen molar-refractivity contribution in [2.24, 2.45) is 94.7 Å². The number of rotatable bonds is 16. The molecule has 0 amide bonds. The molecular weight excluding hydrogens is 1310 g/mol. The summed E-state index contributed by atoms with van der Waals surface area (Å²) in [5.41, 5.74) is 11.7. The summed E-state index contributed by atoms with van der Waals surface area (Å²) < 4.78 is 0. The highest BCUT2D eigenvalue weighted by atomic mass is 28.3. The fourth-order valence-electron chi connectivity index (χ4n) is 24.2. The molecule has 0 aliphatic heterocycles. The normalized spacial score (nSPS) is 36.2. The maximum atomic E-state index is 2.52. The fourth-order valence-corrected chi connectivity index (χ4v) is 33.5. The van der Waals surface area contributed by atoms with Gasteiger partial charge >= 0.3 is 0 Å². The predicted octanol–water partition coefficient (Wildman–Crippen LogP) is 17.8. The average Bonchev–Trinajstić information content (AvgIpc) is 0.743. The van der Waals surface area contributed by atoms with E-state index in [4.69, 9.17) is 0 Å². The van der Waals surface area contributed by atoms with Crippen LogP contribution in [0.25, 0.3) is 0 Å². The first-order valence-corrected chi connectivity index (χ1v) is 44.2. The van der Waals surface area contributed by atoms with Gasteiger partial charge in [-0.2, -0.15) is 0 Å². The quantitative estimate of drug-likeness (QED) is 0.0514. The Morgan fingerprint density at radius 1 is 0.104 bits per heavy atom. The molecule has 106 heavy (non-hydrogen) atoms. The molecule has 0 saturated carbocycles. The van der Waals surface area contributed by atoms with E-state index in [1.807, 2.05) is 0 Å². The van der Waals surface area contributed by atoms with Crippen molar-refractivity contribution in [2.75, 3.05) is 0 Å². The van der Waals surface area contributed by atoms with Crippen molar-refractivity contribution >= 4 is 57.6 Å². The van der Waals surface area contributed by atoms with Crippen molar-refractivity contribution < 1.29 is 0 Å². The first-order chi connectivity index (χ1) is 52.4. The Morgan fingerprint density at radius 2 is 0.179 bits per heavy atom. The molecule has 0 unspecified atom stereocenters. The van der Waals surface area contributed by atoms with Crippen LogP contribution in [0.2, 0.25) is 0 Å². The number of allylic oxidation sites excluding steroid dienone is 32. The van der Waals surface area contributed by atoms with E-state index in [2.05, 4.69) is 389 Å². The highest BCUT2D eigenvalue weighted by Gasteiger charge is 2.48.